The molecule has 9 rings (SSSR count). The van der Waals surface area contributed by atoms with Gasteiger partial charge in [0.05, 0.1) is 16.7 Å². The largest absolute Gasteiger partial charge is 0.310 e. The number of fused-ring (bicyclic) bond motifs is 7. The molecule has 0 unspecified atom stereocenters. The van der Waals surface area contributed by atoms with Crippen molar-refractivity contribution < 1.29 is 0 Å². The van der Waals surface area contributed by atoms with Crippen LogP contribution in [0.15, 0.2) is 158 Å². The molecular weight excluding hydrogens is 544 g/mol. The lowest BCUT2D eigenvalue weighted by Gasteiger charge is -2.32. The molecule has 2 nitrogen and oxygen atoms in total. The van der Waals surface area contributed by atoms with Crippen LogP contribution in [0.1, 0.15) is 25.0 Å². The van der Waals surface area contributed by atoms with E-state index in [1.54, 1.807) is 0 Å². The highest BCUT2D eigenvalue weighted by molar-refractivity contribution is 6.11. The van der Waals surface area contributed by atoms with Crippen LogP contribution in [0, 0.1) is 0 Å². The van der Waals surface area contributed by atoms with E-state index in [9.17, 15) is 0 Å². The second kappa shape index (κ2) is 9.70. The zero-order chi connectivity index (χ0) is 30.1. The molecule has 1 heterocycles. The summed E-state index contributed by atoms with van der Waals surface area (Å²) in [5.41, 5.74) is 12.4. The van der Waals surface area contributed by atoms with Gasteiger partial charge in [-0.1, -0.05) is 117 Å². The van der Waals surface area contributed by atoms with Crippen LogP contribution in [0.5, 0.6) is 0 Å². The number of hydrogen-bond donors (Lipinski definition) is 0. The van der Waals surface area contributed by atoms with Crippen LogP contribution >= 0.6 is 0 Å². The maximum Gasteiger partial charge on any atom is 0.0542 e. The monoisotopic (exact) mass is 576 g/mol. The molecule has 1 aliphatic rings. The SMILES string of the molecule is CC1(C)c2ccccc2-c2cccc(N(c3ccc4ccccc4c3)c3ccc4c(c3)c3ccccc3n4-c3ccccc3)c21. The predicted octanol–water partition coefficient (Wildman–Crippen LogP) is 11.7. The number of nitrogens with zero attached hydrogens (tertiary/aromatic N) is 2. The minimum Gasteiger partial charge on any atom is -0.310 e. The minimum atomic E-state index is -0.148. The van der Waals surface area contributed by atoms with Gasteiger partial charge in [-0.25, -0.2) is 0 Å². The fourth-order valence-electron chi connectivity index (χ4n) is 7.70. The van der Waals surface area contributed by atoms with Gasteiger partial charge in [0, 0.05) is 33.2 Å². The highest BCUT2D eigenvalue weighted by atomic mass is 15.1. The second-order valence-corrected chi connectivity index (χ2v) is 12.6. The Hall–Kier alpha value is -5.60. The van der Waals surface area contributed by atoms with E-state index in [4.69, 9.17) is 0 Å². The Morgan fingerprint density at radius 1 is 0.489 bits per heavy atom. The van der Waals surface area contributed by atoms with Crippen LogP contribution in [0.2, 0.25) is 0 Å². The summed E-state index contributed by atoms with van der Waals surface area (Å²) in [6, 6.07) is 57.6. The van der Waals surface area contributed by atoms with Gasteiger partial charge in [-0.15, -0.1) is 0 Å². The van der Waals surface area contributed by atoms with Crippen LogP contribution in [0.25, 0.3) is 49.4 Å². The molecule has 2 heteroatoms. The highest BCUT2D eigenvalue weighted by Gasteiger charge is 2.38. The Balaban J connectivity index is 1.34. The first kappa shape index (κ1) is 25.9. The summed E-state index contributed by atoms with van der Waals surface area (Å²) in [5.74, 6) is 0. The van der Waals surface area contributed by atoms with Gasteiger partial charge in [0.2, 0.25) is 0 Å². The number of para-hydroxylation sites is 2. The van der Waals surface area contributed by atoms with Crippen molar-refractivity contribution in [1.29, 1.82) is 0 Å². The lowest BCUT2D eigenvalue weighted by Crippen LogP contribution is -2.20. The van der Waals surface area contributed by atoms with Crippen molar-refractivity contribution in [2.24, 2.45) is 0 Å². The Bertz CT molecular complexity index is 2410. The molecule has 0 fully saturated rings. The minimum absolute atomic E-state index is 0.148. The van der Waals surface area contributed by atoms with Crippen molar-refractivity contribution >= 4 is 49.6 Å². The van der Waals surface area contributed by atoms with Crippen molar-refractivity contribution in [3.8, 4) is 16.8 Å². The Labute approximate surface area is 263 Å². The van der Waals surface area contributed by atoms with Gasteiger partial charge in [-0.2, -0.15) is 0 Å². The summed E-state index contributed by atoms with van der Waals surface area (Å²) in [6.45, 7) is 4.74. The third-order valence-electron chi connectivity index (χ3n) is 9.72. The van der Waals surface area contributed by atoms with E-state index in [1.807, 2.05) is 0 Å². The molecule has 0 atom stereocenters. The number of aromatic nitrogens is 1. The van der Waals surface area contributed by atoms with E-state index in [2.05, 4.69) is 181 Å². The third-order valence-corrected chi connectivity index (χ3v) is 9.72. The summed E-state index contributed by atoms with van der Waals surface area (Å²) in [7, 11) is 0. The molecule has 8 aromatic rings. The molecule has 0 aliphatic heterocycles. The highest BCUT2D eigenvalue weighted by Crippen LogP contribution is 2.54. The lowest BCUT2D eigenvalue weighted by molar-refractivity contribution is 0.661. The summed E-state index contributed by atoms with van der Waals surface area (Å²) < 4.78 is 2.38. The Morgan fingerprint density at radius 2 is 1.16 bits per heavy atom. The first-order chi connectivity index (χ1) is 22.1. The molecule has 7 aromatic carbocycles. The standard InChI is InChI=1S/C43H32N2/c1-43(2)38-20-10-8-17-34(38)36-19-12-22-41(42(36)43)44(32-24-23-29-13-6-7-14-30(29)27-32)33-25-26-40-37(28-33)35-18-9-11-21-39(35)45(40)31-15-4-3-5-16-31/h3-28H,1-2H3. The summed E-state index contributed by atoms with van der Waals surface area (Å²) in [6.07, 6.45) is 0. The smallest absolute Gasteiger partial charge is 0.0542 e. The molecule has 0 N–H and O–H groups in total. The molecule has 0 radical (unpaired) electrons. The van der Waals surface area contributed by atoms with Gasteiger partial charge >= 0.3 is 0 Å². The molecule has 0 amide bonds. The van der Waals surface area contributed by atoms with E-state index in [0.29, 0.717) is 0 Å². The number of anilines is 3. The summed E-state index contributed by atoms with van der Waals surface area (Å²) in [5, 5.41) is 4.97. The van der Waals surface area contributed by atoms with Gasteiger partial charge < -0.3 is 9.47 Å². The molecule has 214 valence electrons. The first-order valence-electron chi connectivity index (χ1n) is 15.7. The van der Waals surface area contributed by atoms with Crippen LogP contribution in [0.4, 0.5) is 17.1 Å². The van der Waals surface area contributed by atoms with Crippen molar-refractivity contribution in [2.45, 2.75) is 19.3 Å². The van der Waals surface area contributed by atoms with E-state index in [0.717, 1.165) is 11.4 Å². The van der Waals surface area contributed by atoms with E-state index in [1.165, 1.54) is 66.2 Å². The van der Waals surface area contributed by atoms with E-state index >= 15 is 0 Å². The maximum atomic E-state index is 2.48. The van der Waals surface area contributed by atoms with Crippen LogP contribution in [-0.4, -0.2) is 4.57 Å². The fraction of sp³-hybridized carbons (Fsp3) is 0.0698. The van der Waals surface area contributed by atoms with Crippen molar-refractivity contribution in [3.05, 3.63) is 169 Å². The Kier molecular flexibility index (Phi) is 5.58. The molecule has 0 spiro atoms. The topological polar surface area (TPSA) is 8.17 Å². The van der Waals surface area contributed by atoms with Crippen molar-refractivity contribution in [1.82, 2.24) is 4.57 Å². The molecule has 0 saturated heterocycles. The number of benzene rings is 7. The number of hydrogen-bond acceptors (Lipinski definition) is 1. The van der Waals surface area contributed by atoms with Crippen molar-refractivity contribution in [3.63, 3.8) is 0 Å². The third kappa shape index (κ3) is 3.82. The first-order valence-corrected chi connectivity index (χ1v) is 15.7. The van der Waals surface area contributed by atoms with Gasteiger partial charge in [-0.3, -0.25) is 0 Å². The zero-order valence-electron chi connectivity index (χ0n) is 25.4. The van der Waals surface area contributed by atoms with Crippen LogP contribution < -0.4 is 4.90 Å². The molecular formula is C43H32N2. The van der Waals surface area contributed by atoms with Gasteiger partial charge in [0.25, 0.3) is 0 Å². The molecule has 0 saturated carbocycles. The summed E-state index contributed by atoms with van der Waals surface area (Å²) in [4.78, 5) is 2.48. The van der Waals surface area contributed by atoms with Gasteiger partial charge in [0.1, 0.15) is 0 Å². The average Bonchev–Trinajstić information content (AvgIpc) is 3.54. The average molecular weight is 577 g/mol. The molecule has 0 bridgehead atoms. The normalized spacial score (nSPS) is 13.3. The van der Waals surface area contributed by atoms with E-state index in [-0.39, 0.29) is 5.41 Å². The van der Waals surface area contributed by atoms with Gasteiger partial charge in [0.15, 0.2) is 0 Å². The number of rotatable bonds is 4. The zero-order valence-corrected chi connectivity index (χ0v) is 25.4. The maximum absolute atomic E-state index is 2.48. The second-order valence-electron chi connectivity index (χ2n) is 12.6. The predicted molar refractivity (Wildman–Crippen MR) is 191 cm³/mol. The lowest BCUT2D eigenvalue weighted by atomic mass is 9.81. The summed E-state index contributed by atoms with van der Waals surface area (Å²) >= 11 is 0. The fourth-order valence-corrected chi connectivity index (χ4v) is 7.70. The van der Waals surface area contributed by atoms with Crippen LogP contribution in [0.3, 0.4) is 0 Å². The van der Waals surface area contributed by atoms with Crippen molar-refractivity contribution in [2.75, 3.05) is 4.90 Å². The van der Waals surface area contributed by atoms with Crippen LogP contribution in [-0.2, 0) is 5.41 Å². The Morgan fingerprint density at radius 3 is 2.04 bits per heavy atom. The van der Waals surface area contributed by atoms with Gasteiger partial charge in [-0.05, 0) is 87.6 Å². The van der Waals surface area contributed by atoms with E-state index < -0.39 is 0 Å². The molecule has 1 aromatic heterocycles. The quantitative estimate of drug-likeness (QED) is 0.202. The molecule has 45 heavy (non-hydrogen) atoms. The molecule has 1 aliphatic carbocycles.